The molecule has 0 amide bonds. The van der Waals surface area contributed by atoms with Gasteiger partial charge in [0.25, 0.3) is 0 Å². The van der Waals surface area contributed by atoms with Crippen molar-refractivity contribution in [3.8, 4) is 11.8 Å². The van der Waals surface area contributed by atoms with Crippen molar-refractivity contribution in [1.29, 1.82) is 5.26 Å². The molecule has 1 aromatic heterocycles. The van der Waals surface area contributed by atoms with Gasteiger partial charge in [-0.2, -0.15) is 5.26 Å². The molecule has 5 nitrogen and oxygen atoms in total. The quantitative estimate of drug-likeness (QED) is 0.734. The van der Waals surface area contributed by atoms with E-state index in [2.05, 4.69) is 33.0 Å². The summed E-state index contributed by atoms with van der Waals surface area (Å²) in [4.78, 5) is 6.37. The van der Waals surface area contributed by atoms with Gasteiger partial charge >= 0.3 is 0 Å². The Morgan fingerprint density at radius 3 is 2.96 bits per heavy atom. The Morgan fingerprint density at radius 2 is 2.28 bits per heavy atom. The molecular weight excluding hydrogens is 382 g/mol. The second kappa shape index (κ2) is 8.32. The third kappa shape index (κ3) is 4.50. The summed E-state index contributed by atoms with van der Waals surface area (Å²) < 4.78 is 12.6. The summed E-state index contributed by atoms with van der Waals surface area (Å²) >= 11 is 3.59. The van der Waals surface area contributed by atoms with Gasteiger partial charge in [0.15, 0.2) is 0 Å². The second-order valence-corrected chi connectivity index (χ2v) is 6.90. The third-order valence-electron chi connectivity index (χ3n) is 4.16. The minimum Gasteiger partial charge on any atom is -0.489 e. The Kier molecular flexibility index (Phi) is 5.90. The molecule has 0 aliphatic carbocycles. The van der Waals surface area contributed by atoms with Crippen LogP contribution in [0.1, 0.15) is 24.0 Å². The number of hydrogen-bond donors (Lipinski definition) is 0. The highest BCUT2D eigenvalue weighted by Gasteiger charge is 2.18. The van der Waals surface area contributed by atoms with Crippen molar-refractivity contribution >= 4 is 21.7 Å². The van der Waals surface area contributed by atoms with Crippen molar-refractivity contribution in [1.82, 2.24) is 4.98 Å². The molecule has 1 aliphatic heterocycles. The molecular formula is C19H20BrN3O2. The van der Waals surface area contributed by atoms with Crippen LogP contribution in [0.3, 0.4) is 0 Å². The maximum absolute atomic E-state index is 8.88. The maximum Gasteiger partial charge on any atom is 0.138 e. The molecule has 0 bridgehead atoms. The lowest BCUT2D eigenvalue weighted by atomic mass is 10.2. The van der Waals surface area contributed by atoms with Crippen LogP contribution in [0.4, 0.5) is 5.82 Å². The normalized spacial score (nSPS) is 16.4. The molecule has 0 saturated carbocycles. The molecule has 0 radical (unpaired) electrons. The third-order valence-corrected chi connectivity index (χ3v) is 4.79. The average molecular weight is 402 g/mol. The molecule has 130 valence electrons. The Morgan fingerprint density at radius 1 is 1.40 bits per heavy atom. The molecule has 1 aliphatic rings. The zero-order valence-electron chi connectivity index (χ0n) is 14.1. The van der Waals surface area contributed by atoms with Gasteiger partial charge in [-0.25, -0.2) is 4.98 Å². The van der Waals surface area contributed by atoms with Crippen molar-refractivity contribution in [2.24, 2.45) is 0 Å². The van der Waals surface area contributed by atoms with Crippen molar-refractivity contribution in [3.63, 3.8) is 0 Å². The van der Waals surface area contributed by atoms with Crippen molar-refractivity contribution in [3.05, 3.63) is 52.1 Å². The van der Waals surface area contributed by atoms with Gasteiger partial charge in [-0.1, -0.05) is 12.1 Å². The molecule has 0 spiro atoms. The van der Waals surface area contributed by atoms with Crippen LogP contribution in [0.2, 0.25) is 0 Å². The topological polar surface area (TPSA) is 58.4 Å². The Labute approximate surface area is 156 Å². The van der Waals surface area contributed by atoms with E-state index < -0.39 is 0 Å². The molecule has 1 fully saturated rings. The molecule has 3 rings (SSSR count). The summed E-state index contributed by atoms with van der Waals surface area (Å²) in [6.45, 7) is 2.04. The van der Waals surface area contributed by atoms with Crippen LogP contribution in [0.15, 0.2) is 41.0 Å². The predicted molar refractivity (Wildman–Crippen MR) is 99.7 cm³/mol. The number of rotatable bonds is 6. The van der Waals surface area contributed by atoms with E-state index in [0.29, 0.717) is 18.7 Å². The van der Waals surface area contributed by atoms with Gasteiger partial charge in [0, 0.05) is 32.0 Å². The van der Waals surface area contributed by atoms with Gasteiger partial charge in [0.05, 0.1) is 16.1 Å². The van der Waals surface area contributed by atoms with Crippen LogP contribution in [0.25, 0.3) is 0 Å². The first-order valence-corrected chi connectivity index (χ1v) is 9.06. The summed E-state index contributed by atoms with van der Waals surface area (Å²) in [5, 5.41) is 8.88. The first kappa shape index (κ1) is 17.7. The fourth-order valence-corrected chi connectivity index (χ4v) is 3.33. The number of hydrogen-bond acceptors (Lipinski definition) is 5. The number of anilines is 1. The van der Waals surface area contributed by atoms with E-state index in [1.54, 1.807) is 12.3 Å². The zero-order chi connectivity index (χ0) is 17.6. The second-order valence-electron chi connectivity index (χ2n) is 6.05. The summed E-state index contributed by atoms with van der Waals surface area (Å²) in [5.41, 5.74) is 1.63. The minimum atomic E-state index is 0.179. The molecule has 1 unspecified atom stereocenters. The van der Waals surface area contributed by atoms with Crippen LogP contribution in [0, 0.1) is 11.3 Å². The first-order valence-electron chi connectivity index (χ1n) is 8.26. The largest absolute Gasteiger partial charge is 0.489 e. The molecule has 1 aromatic carbocycles. The molecule has 2 heterocycles. The Bertz CT molecular complexity index is 752. The SMILES string of the molecule is CN(Cc1cccc(Br)c1OCC1CCCO1)c1ccc(C#N)cn1. The summed E-state index contributed by atoms with van der Waals surface area (Å²) in [6.07, 6.45) is 3.92. The van der Waals surface area contributed by atoms with E-state index >= 15 is 0 Å². The number of nitriles is 1. The molecule has 25 heavy (non-hydrogen) atoms. The van der Waals surface area contributed by atoms with E-state index in [9.17, 15) is 0 Å². The lowest BCUT2D eigenvalue weighted by Crippen LogP contribution is -2.20. The van der Waals surface area contributed by atoms with E-state index in [1.165, 1.54) is 0 Å². The Hall–Kier alpha value is -2.10. The van der Waals surface area contributed by atoms with Crippen molar-refractivity contribution in [2.75, 3.05) is 25.2 Å². The highest BCUT2D eigenvalue weighted by Crippen LogP contribution is 2.31. The molecule has 0 N–H and O–H groups in total. The number of pyridine rings is 1. The fourth-order valence-electron chi connectivity index (χ4n) is 2.81. The number of para-hydroxylation sites is 1. The van der Waals surface area contributed by atoms with Crippen molar-refractivity contribution < 1.29 is 9.47 Å². The van der Waals surface area contributed by atoms with E-state index in [4.69, 9.17) is 14.7 Å². The molecule has 6 heteroatoms. The summed E-state index contributed by atoms with van der Waals surface area (Å²) in [6, 6.07) is 11.7. The lowest BCUT2D eigenvalue weighted by Gasteiger charge is -2.21. The van der Waals surface area contributed by atoms with Crippen LogP contribution < -0.4 is 9.64 Å². The highest BCUT2D eigenvalue weighted by atomic mass is 79.9. The van der Waals surface area contributed by atoms with Gasteiger partial charge in [-0.05, 0) is 47.0 Å². The molecule has 2 aromatic rings. The van der Waals surface area contributed by atoms with Crippen molar-refractivity contribution in [2.45, 2.75) is 25.5 Å². The number of aromatic nitrogens is 1. The monoisotopic (exact) mass is 401 g/mol. The van der Waals surface area contributed by atoms with Crippen LogP contribution >= 0.6 is 15.9 Å². The van der Waals surface area contributed by atoms with Crippen LogP contribution in [0.5, 0.6) is 5.75 Å². The maximum atomic E-state index is 8.88. The average Bonchev–Trinajstić information content (AvgIpc) is 3.15. The van der Waals surface area contributed by atoms with Gasteiger partial charge in [0.2, 0.25) is 0 Å². The highest BCUT2D eigenvalue weighted by molar-refractivity contribution is 9.10. The lowest BCUT2D eigenvalue weighted by molar-refractivity contribution is 0.0673. The number of benzene rings is 1. The van der Waals surface area contributed by atoms with E-state index in [0.717, 1.165) is 41.1 Å². The van der Waals surface area contributed by atoms with Gasteiger partial charge in [0.1, 0.15) is 24.2 Å². The first-order chi connectivity index (χ1) is 12.2. The van der Waals surface area contributed by atoms with Gasteiger partial charge in [-0.3, -0.25) is 0 Å². The number of nitrogens with zero attached hydrogens (tertiary/aromatic N) is 3. The Balaban J connectivity index is 1.72. The van der Waals surface area contributed by atoms with Crippen LogP contribution in [-0.4, -0.2) is 31.3 Å². The zero-order valence-corrected chi connectivity index (χ0v) is 15.7. The number of halogens is 1. The van der Waals surface area contributed by atoms with E-state index in [-0.39, 0.29) is 6.10 Å². The standard InChI is InChI=1S/C19H20BrN3O2/c1-23(18-8-7-14(10-21)11-22-18)12-15-4-2-6-17(20)19(15)25-13-16-5-3-9-24-16/h2,4,6-8,11,16H,3,5,9,12-13H2,1H3. The smallest absolute Gasteiger partial charge is 0.138 e. The number of ether oxygens (including phenoxy) is 2. The fraction of sp³-hybridized carbons (Fsp3) is 0.368. The van der Waals surface area contributed by atoms with Crippen LogP contribution in [-0.2, 0) is 11.3 Å². The van der Waals surface area contributed by atoms with Gasteiger partial charge in [-0.15, -0.1) is 0 Å². The summed E-state index contributed by atoms with van der Waals surface area (Å²) in [7, 11) is 1.97. The predicted octanol–water partition coefficient (Wildman–Crippen LogP) is 3.91. The van der Waals surface area contributed by atoms with E-state index in [1.807, 2.05) is 30.1 Å². The molecule has 1 saturated heterocycles. The summed E-state index contributed by atoms with van der Waals surface area (Å²) in [5.74, 6) is 1.66. The minimum absolute atomic E-state index is 0.179. The van der Waals surface area contributed by atoms with Gasteiger partial charge < -0.3 is 14.4 Å². The molecule has 1 atom stereocenters.